The molecule has 1 aliphatic rings. The van der Waals surface area contributed by atoms with Crippen LogP contribution in [0.2, 0.25) is 0 Å². The fourth-order valence-corrected chi connectivity index (χ4v) is 4.85. The summed E-state index contributed by atoms with van der Waals surface area (Å²) in [6.45, 7) is 6.24. The molecular formula is C19H33N4O2S2+. The molecule has 0 unspecified atom stereocenters. The second-order valence-corrected chi connectivity index (χ2v) is 9.65. The Bertz CT molecular complexity index is 697. The number of nitrogens with one attached hydrogen (secondary N) is 2. The molecule has 6 nitrogen and oxygen atoms in total. The number of thiocarbonyl (C=S) groups is 1. The van der Waals surface area contributed by atoms with Gasteiger partial charge in [-0.25, -0.2) is 8.42 Å². The van der Waals surface area contributed by atoms with Crippen molar-refractivity contribution < 1.29 is 13.3 Å². The van der Waals surface area contributed by atoms with Crippen molar-refractivity contribution >= 4 is 27.4 Å². The third-order valence-electron chi connectivity index (χ3n) is 4.76. The van der Waals surface area contributed by atoms with Gasteiger partial charge in [-0.05, 0) is 36.3 Å². The summed E-state index contributed by atoms with van der Waals surface area (Å²) in [7, 11) is 0.835. The molecule has 0 spiro atoms. The first-order valence-corrected chi connectivity index (χ1v) is 11.6. The SMILES string of the molecule is CCCc1ccc(S(=O)(=O)N2CCN(C(=S)NCCC[NH+](C)C)CC2)cc1. The predicted octanol–water partition coefficient (Wildman–Crippen LogP) is 0.355. The van der Waals surface area contributed by atoms with E-state index in [1.165, 1.54) is 10.5 Å². The molecule has 0 aromatic heterocycles. The van der Waals surface area contributed by atoms with Crippen molar-refractivity contribution in [2.24, 2.45) is 0 Å². The largest absolute Gasteiger partial charge is 0.362 e. The molecule has 1 saturated heterocycles. The zero-order chi connectivity index (χ0) is 19.9. The fraction of sp³-hybridized carbons (Fsp3) is 0.632. The van der Waals surface area contributed by atoms with E-state index in [9.17, 15) is 8.42 Å². The highest BCUT2D eigenvalue weighted by molar-refractivity contribution is 7.89. The fourth-order valence-electron chi connectivity index (χ4n) is 3.15. The Kier molecular flexibility index (Phi) is 8.47. The molecule has 0 bridgehead atoms. The van der Waals surface area contributed by atoms with Crippen LogP contribution in [-0.4, -0.2) is 76.1 Å². The summed E-state index contributed by atoms with van der Waals surface area (Å²) >= 11 is 5.46. The van der Waals surface area contributed by atoms with E-state index in [0.29, 0.717) is 31.1 Å². The molecule has 2 rings (SSSR count). The topological polar surface area (TPSA) is 57.1 Å². The second kappa shape index (κ2) is 10.4. The molecule has 27 heavy (non-hydrogen) atoms. The van der Waals surface area contributed by atoms with E-state index in [1.807, 2.05) is 12.1 Å². The maximum absolute atomic E-state index is 12.9. The van der Waals surface area contributed by atoms with Crippen LogP contribution in [0, 0.1) is 0 Å². The molecule has 0 aliphatic carbocycles. The van der Waals surface area contributed by atoms with E-state index < -0.39 is 10.0 Å². The van der Waals surface area contributed by atoms with Gasteiger partial charge in [-0.3, -0.25) is 0 Å². The summed E-state index contributed by atoms with van der Waals surface area (Å²) in [6, 6.07) is 7.29. The maximum Gasteiger partial charge on any atom is 0.243 e. The third-order valence-corrected chi connectivity index (χ3v) is 7.07. The van der Waals surface area contributed by atoms with E-state index in [0.717, 1.165) is 37.5 Å². The lowest BCUT2D eigenvalue weighted by Gasteiger charge is -2.35. The second-order valence-electron chi connectivity index (χ2n) is 7.33. The number of quaternary nitrogens is 1. The van der Waals surface area contributed by atoms with Gasteiger partial charge < -0.3 is 15.1 Å². The molecule has 0 atom stereocenters. The standard InChI is InChI=1S/C19H32N4O2S2/c1-4-6-17-7-9-18(10-8-17)27(24,25)23-15-13-22(14-16-23)19(26)20-11-5-12-21(2)3/h7-10H,4-6,11-16H2,1-3H3,(H,20,26)/p+1. The van der Waals surface area contributed by atoms with Gasteiger partial charge in [-0.15, -0.1) is 0 Å². The number of benzene rings is 1. The number of hydrogen-bond donors (Lipinski definition) is 2. The van der Waals surface area contributed by atoms with Gasteiger partial charge >= 0.3 is 0 Å². The van der Waals surface area contributed by atoms with Crippen LogP contribution in [0.4, 0.5) is 0 Å². The summed E-state index contributed by atoms with van der Waals surface area (Å²) in [5.74, 6) is 0. The van der Waals surface area contributed by atoms with Crippen molar-refractivity contribution in [3.05, 3.63) is 29.8 Å². The van der Waals surface area contributed by atoms with Gasteiger partial charge in [-0.2, -0.15) is 4.31 Å². The van der Waals surface area contributed by atoms with Crippen molar-refractivity contribution in [1.82, 2.24) is 14.5 Å². The van der Waals surface area contributed by atoms with Gasteiger partial charge in [0.05, 0.1) is 25.5 Å². The van der Waals surface area contributed by atoms with Crippen LogP contribution >= 0.6 is 12.2 Å². The smallest absolute Gasteiger partial charge is 0.243 e. The Hall–Kier alpha value is -1.22. The van der Waals surface area contributed by atoms with E-state index in [-0.39, 0.29) is 0 Å². The zero-order valence-corrected chi connectivity index (χ0v) is 18.3. The lowest BCUT2D eigenvalue weighted by molar-refractivity contribution is -0.858. The van der Waals surface area contributed by atoms with Crippen LogP contribution in [0.15, 0.2) is 29.2 Å². The summed E-state index contributed by atoms with van der Waals surface area (Å²) in [4.78, 5) is 3.86. The minimum absolute atomic E-state index is 0.377. The Labute approximate surface area is 169 Å². The van der Waals surface area contributed by atoms with Gasteiger partial charge in [0.15, 0.2) is 5.11 Å². The summed E-state index contributed by atoms with van der Waals surface area (Å²) in [6.07, 6.45) is 3.09. The van der Waals surface area contributed by atoms with Crippen molar-refractivity contribution in [3.8, 4) is 0 Å². The Morgan fingerprint density at radius 2 is 1.78 bits per heavy atom. The summed E-state index contributed by atoms with van der Waals surface area (Å²) < 4.78 is 27.3. The lowest BCUT2D eigenvalue weighted by atomic mass is 10.1. The van der Waals surface area contributed by atoms with Crippen LogP contribution in [0.3, 0.4) is 0 Å². The maximum atomic E-state index is 12.9. The zero-order valence-electron chi connectivity index (χ0n) is 16.7. The molecule has 1 aromatic rings. The number of nitrogens with zero attached hydrogens (tertiary/aromatic N) is 2. The first-order valence-electron chi connectivity index (χ1n) is 9.75. The number of rotatable bonds is 8. The molecule has 1 fully saturated rings. The lowest BCUT2D eigenvalue weighted by Crippen LogP contribution is -3.05. The highest BCUT2D eigenvalue weighted by Crippen LogP contribution is 2.19. The highest BCUT2D eigenvalue weighted by Gasteiger charge is 2.29. The van der Waals surface area contributed by atoms with Crippen LogP contribution in [0.25, 0.3) is 0 Å². The number of sulfonamides is 1. The van der Waals surface area contributed by atoms with Crippen molar-refractivity contribution in [3.63, 3.8) is 0 Å². The van der Waals surface area contributed by atoms with E-state index >= 15 is 0 Å². The predicted molar refractivity (Wildman–Crippen MR) is 114 cm³/mol. The summed E-state index contributed by atoms with van der Waals surface area (Å²) in [5, 5.41) is 4.01. The normalized spacial score (nSPS) is 15.9. The number of aryl methyl sites for hydroxylation is 1. The van der Waals surface area contributed by atoms with E-state index in [2.05, 4.69) is 31.2 Å². The van der Waals surface area contributed by atoms with Crippen LogP contribution in [-0.2, 0) is 16.4 Å². The molecule has 0 amide bonds. The van der Waals surface area contributed by atoms with Crippen LogP contribution in [0.5, 0.6) is 0 Å². The molecule has 2 N–H and O–H groups in total. The molecule has 8 heteroatoms. The van der Waals surface area contributed by atoms with Gasteiger partial charge in [0, 0.05) is 39.1 Å². The Balaban J connectivity index is 1.85. The molecular weight excluding hydrogens is 380 g/mol. The molecule has 1 heterocycles. The average molecular weight is 414 g/mol. The summed E-state index contributed by atoms with van der Waals surface area (Å²) in [5.41, 5.74) is 1.17. The van der Waals surface area contributed by atoms with Gasteiger partial charge in [0.25, 0.3) is 0 Å². The van der Waals surface area contributed by atoms with Gasteiger partial charge in [-0.1, -0.05) is 25.5 Å². The minimum atomic E-state index is -3.43. The Morgan fingerprint density at radius 1 is 1.15 bits per heavy atom. The van der Waals surface area contributed by atoms with Crippen LogP contribution in [0.1, 0.15) is 25.3 Å². The molecule has 1 aliphatic heterocycles. The highest BCUT2D eigenvalue weighted by atomic mass is 32.2. The van der Waals surface area contributed by atoms with Crippen molar-refractivity contribution in [2.75, 3.05) is 53.4 Å². The van der Waals surface area contributed by atoms with Crippen LogP contribution < -0.4 is 10.2 Å². The average Bonchev–Trinajstić information content (AvgIpc) is 2.66. The first kappa shape index (κ1) is 22.1. The van der Waals surface area contributed by atoms with Crippen molar-refractivity contribution in [1.29, 1.82) is 0 Å². The minimum Gasteiger partial charge on any atom is -0.362 e. The van der Waals surface area contributed by atoms with Gasteiger partial charge in [0.1, 0.15) is 0 Å². The van der Waals surface area contributed by atoms with Crippen molar-refractivity contribution in [2.45, 2.75) is 31.1 Å². The molecule has 152 valence electrons. The Morgan fingerprint density at radius 3 is 2.33 bits per heavy atom. The molecule has 1 aromatic carbocycles. The first-order chi connectivity index (χ1) is 12.8. The third kappa shape index (κ3) is 6.41. The monoisotopic (exact) mass is 413 g/mol. The van der Waals surface area contributed by atoms with E-state index in [4.69, 9.17) is 12.2 Å². The number of hydrogen-bond acceptors (Lipinski definition) is 3. The number of piperazine rings is 1. The van der Waals surface area contributed by atoms with Gasteiger partial charge in [0.2, 0.25) is 10.0 Å². The molecule has 0 radical (unpaired) electrons. The quantitative estimate of drug-likeness (QED) is 0.476. The van der Waals surface area contributed by atoms with E-state index in [1.54, 1.807) is 16.4 Å². The molecule has 0 saturated carbocycles.